The number of aromatic nitrogens is 1. The Morgan fingerprint density at radius 3 is 2.70 bits per heavy atom. The van der Waals surface area contributed by atoms with Crippen LogP contribution in [0.3, 0.4) is 0 Å². The molecule has 120 valence electrons. The molecule has 3 nitrogen and oxygen atoms in total. The fourth-order valence-corrected chi connectivity index (χ4v) is 4.00. The minimum absolute atomic E-state index is 0.601. The summed E-state index contributed by atoms with van der Waals surface area (Å²) in [5.74, 6) is 0. The summed E-state index contributed by atoms with van der Waals surface area (Å²) in [4.78, 5) is 9.41. The normalized spacial score (nSPS) is 22.7. The lowest BCUT2D eigenvalue weighted by Crippen LogP contribution is -2.46. The van der Waals surface area contributed by atoms with Crippen molar-refractivity contribution in [2.45, 2.75) is 25.3 Å². The van der Waals surface area contributed by atoms with Crippen molar-refractivity contribution in [3.8, 4) is 11.1 Å². The van der Waals surface area contributed by atoms with Gasteiger partial charge in [-0.25, -0.2) is 0 Å². The number of benzene rings is 1. The SMILES string of the molecule is CN1CCN(C2CCCc3ccc(-c4cccnc4)cc32)CC1. The second-order valence-corrected chi connectivity index (χ2v) is 6.90. The molecule has 0 amide bonds. The number of aryl methyl sites for hydroxylation is 1. The zero-order valence-electron chi connectivity index (χ0n) is 13.9. The largest absolute Gasteiger partial charge is 0.304 e. The second kappa shape index (κ2) is 6.42. The first-order chi connectivity index (χ1) is 11.3. The van der Waals surface area contributed by atoms with Gasteiger partial charge in [0.15, 0.2) is 0 Å². The van der Waals surface area contributed by atoms with Crippen molar-refractivity contribution in [1.29, 1.82) is 0 Å². The molecule has 0 spiro atoms. The van der Waals surface area contributed by atoms with E-state index in [2.05, 4.69) is 46.1 Å². The Hall–Kier alpha value is -1.71. The van der Waals surface area contributed by atoms with Crippen LogP contribution in [0.1, 0.15) is 30.0 Å². The van der Waals surface area contributed by atoms with Crippen LogP contribution < -0.4 is 0 Å². The Kier molecular flexibility index (Phi) is 4.15. The lowest BCUT2D eigenvalue weighted by atomic mass is 9.84. The number of piperazine rings is 1. The van der Waals surface area contributed by atoms with Crippen molar-refractivity contribution in [3.05, 3.63) is 53.9 Å². The van der Waals surface area contributed by atoms with Crippen molar-refractivity contribution in [1.82, 2.24) is 14.8 Å². The third-order valence-corrected chi connectivity index (χ3v) is 5.40. The number of hydrogen-bond donors (Lipinski definition) is 0. The summed E-state index contributed by atoms with van der Waals surface area (Å²) < 4.78 is 0. The monoisotopic (exact) mass is 307 g/mol. The van der Waals surface area contributed by atoms with Crippen LogP contribution in [0.2, 0.25) is 0 Å². The van der Waals surface area contributed by atoms with Crippen LogP contribution in [0.15, 0.2) is 42.7 Å². The smallest absolute Gasteiger partial charge is 0.0352 e. The molecule has 1 fully saturated rings. The number of likely N-dealkylation sites (N-methyl/N-ethyl adjacent to an activating group) is 1. The molecular formula is C20H25N3. The maximum atomic E-state index is 4.27. The minimum atomic E-state index is 0.601. The van der Waals surface area contributed by atoms with Gasteiger partial charge in [0.25, 0.3) is 0 Å². The number of pyridine rings is 1. The van der Waals surface area contributed by atoms with E-state index in [-0.39, 0.29) is 0 Å². The fraction of sp³-hybridized carbons (Fsp3) is 0.450. The summed E-state index contributed by atoms with van der Waals surface area (Å²) in [7, 11) is 2.23. The van der Waals surface area contributed by atoms with E-state index in [1.807, 2.05) is 18.5 Å². The highest BCUT2D eigenvalue weighted by Crippen LogP contribution is 2.37. The first-order valence-corrected chi connectivity index (χ1v) is 8.77. The fourth-order valence-electron chi connectivity index (χ4n) is 4.00. The van der Waals surface area contributed by atoms with Crippen molar-refractivity contribution in [2.75, 3.05) is 33.2 Å². The third kappa shape index (κ3) is 3.04. The van der Waals surface area contributed by atoms with Crippen LogP contribution in [-0.4, -0.2) is 48.0 Å². The van der Waals surface area contributed by atoms with Gasteiger partial charge < -0.3 is 4.90 Å². The van der Waals surface area contributed by atoms with E-state index in [9.17, 15) is 0 Å². The molecule has 1 aliphatic heterocycles. The lowest BCUT2D eigenvalue weighted by molar-refractivity contribution is 0.102. The molecule has 2 aliphatic rings. The molecule has 0 saturated carbocycles. The van der Waals surface area contributed by atoms with Crippen LogP contribution in [0.4, 0.5) is 0 Å². The molecule has 1 unspecified atom stereocenters. The van der Waals surface area contributed by atoms with Gasteiger partial charge in [-0.05, 0) is 60.7 Å². The molecule has 0 N–H and O–H groups in total. The van der Waals surface area contributed by atoms with Crippen molar-refractivity contribution >= 4 is 0 Å². The van der Waals surface area contributed by atoms with Gasteiger partial charge in [-0.2, -0.15) is 0 Å². The standard InChI is InChI=1S/C20H25N3/c1-22-10-12-23(13-11-22)20-6-2-4-16-7-8-17(14-19(16)20)18-5-3-9-21-15-18/h3,5,7-9,14-15,20H,2,4,6,10-13H2,1H3. The molecule has 0 bridgehead atoms. The predicted molar refractivity (Wildman–Crippen MR) is 94.4 cm³/mol. The first-order valence-electron chi connectivity index (χ1n) is 8.77. The first kappa shape index (κ1) is 14.9. The average molecular weight is 307 g/mol. The summed E-state index contributed by atoms with van der Waals surface area (Å²) in [5, 5.41) is 0. The van der Waals surface area contributed by atoms with E-state index in [0.717, 1.165) is 0 Å². The van der Waals surface area contributed by atoms with Crippen molar-refractivity contribution in [3.63, 3.8) is 0 Å². The highest BCUT2D eigenvalue weighted by molar-refractivity contribution is 5.64. The van der Waals surface area contributed by atoms with Crippen LogP contribution >= 0.6 is 0 Å². The van der Waals surface area contributed by atoms with Crippen LogP contribution in [0.25, 0.3) is 11.1 Å². The number of hydrogen-bond acceptors (Lipinski definition) is 3. The Morgan fingerprint density at radius 1 is 1.04 bits per heavy atom. The van der Waals surface area contributed by atoms with E-state index in [1.54, 1.807) is 11.1 Å². The lowest BCUT2D eigenvalue weighted by Gasteiger charge is -2.40. The summed E-state index contributed by atoms with van der Waals surface area (Å²) >= 11 is 0. The van der Waals surface area contributed by atoms with Gasteiger partial charge in [0.05, 0.1) is 0 Å². The van der Waals surface area contributed by atoms with Crippen LogP contribution in [-0.2, 0) is 6.42 Å². The topological polar surface area (TPSA) is 19.4 Å². The quantitative estimate of drug-likeness (QED) is 0.848. The molecule has 4 rings (SSSR count). The molecule has 3 heteroatoms. The molecular weight excluding hydrogens is 282 g/mol. The van der Waals surface area contributed by atoms with Gasteiger partial charge in [0.1, 0.15) is 0 Å². The maximum absolute atomic E-state index is 4.27. The van der Waals surface area contributed by atoms with Gasteiger partial charge in [-0.15, -0.1) is 0 Å². The number of fused-ring (bicyclic) bond motifs is 1. The van der Waals surface area contributed by atoms with E-state index < -0.39 is 0 Å². The molecule has 1 aliphatic carbocycles. The van der Waals surface area contributed by atoms with E-state index in [4.69, 9.17) is 0 Å². The Balaban J connectivity index is 1.66. The van der Waals surface area contributed by atoms with Crippen LogP contribution in [0.5, 0.6) is 0 Å². The highest BCUT2D eigenvalue weighted by atomic mass is 15.3. The van der Waals surface area contributed by atoms with Gasteiger partial charge in [0, 0.05) is 44.6 Å². The summed E-state index contributed by atoms with van der Waals surface area (Å²) in [6.07, 6.45) is 7.65. The molecule has 1 aromatic heterocycles. The van der Waals surface area contributed by atoms with Gasteiger partial charge in [0.2, 0.25) is 0 Å². The summed E-state index contributed by atoms with van der Waals surface area (Å²) in [5.41, 5.74) is 5.63. The Bertz CT molecular complexity index is 660. The molecule has 1 atom stereocenters. The minimum Gasteiger partial charge on any atom is -0.304 e. The average Bonchev–Trinajstić information content (AvgIpc) is 2.62. The molecule has 1 saturated heterocycles. The predicted octanol–water partition coefficient (Wildman–Crippen LogP) is 3.37. The molecule has 2 aromatic rings. The van der Waals surface area contributed by atoms with Gasteiger partial charge in [-0.3, -0.25) is 9.88 Å². The van der Waals surface area contributed by atoms with E-state index >= 15 is 0 Å². The van der Waals surface area contributed by atoms with Gasteiger partial charge in [-0.1, -0.05) is 18.2 Å². The molecule has 1 aromatic carbocycles. The highest BCUT2D eigenvalue weighted by Gasteiger charge is 2.28. The van der Waals surface area contributed by atoms with Gasteiger partial charge >= 0.3 is 0 Å². The molecule has 0 radical (unpaired) electrons. The van der Waals surface area contributed by atoms with Crippen LogP contribution in [0, 0.1) is 0 Å². The Labute approximate surface area is 139 Å². The van der Waals surface area contributed by atoms with Crippen molar-refractivity contribution < 1.29 is 0 Å². The zero-order valence-corrected chi connectivity index (χ0v) is 13.9. The summed E-state index contributed by atoms with van der Waals surface area (Å²) in [6, 6.07) is 11.8. The zero-order chi connectivity index (χ0) is 15.6. The number of nitrogens with zero attached hydrogens (tertiary/aromatic N) is 3. The maximum Gasteiger partial charge on any atom is 0.0352 e. The van der Waals surface area contributed by atoms with Crippen molar-refractivity contribution in [2.24, 2.45) is 0 Å². The number of rotatable bonds is 2. The Morgan fingerprint density at radius 2 is 1.91 bits per heavy atom. The summed E-state index contributed by atoms with van der Waals surface area (Å²) in [6.45, 7) is 4.76. The third-order valence-electron chi connectivity index (χ3n) is 5.40. The molecule has 23 heavy (non-hydrogen) atoms. The second-order valence-electron chi connectivity index (χ2n) is 6.90. The van der Waals surface area contributed by atoms with E-state index in [0.29, 0.717) is 6.04 Å². The van der Waals surface area contributed by atoms with E-state index in [1.165, 1.54) is 56.6 Å². The molecule has 2 heterocycles.